The fourth-order valence-corrected chi connectivity index (χ4v) is 2.38. The second-order valence-corrected chi connectivity index (χ2v) is 5.90. The Morgan fingerprint density at radius 1 is 0.818 bits per heavy atom. The second kappa shape index (κ2) is 18.0. The van der Waals surface area contributed by atoms with Crippen LogP contribution in [-0.2, 0) is 0 Å². The Morgan fingerprint density at radius 3 is 1.73 bits per heavy atom. The highest BCUT2D eigenvalue weighted by molar-refractivity contribution is 5.45. The number of unbranched alkanes of at least 4 members (excludes halogenated alkanes) is 9. The van der Waals surface area contributed by atoms with E-state index in [1.807, 2.05) is 43.5 Å². The van der Waals surface area contributed by atoms with Crippen LogP contribution in [0.4, 0.5) is 0 Å². The summed E-state index contributed by atoms with van der Waals surface area (Å²) in [4.78, 5) is 0. The Kier molecular flexibility index (Phi) is 17.1. The van der Waals surface area contributed by atoms with Gasteiger partial charge in [0.15, 0.2) is 0 Å². The van der Waals surface area contributed by atoms with Gasteiger partial charge in [-0.3, -0.25) is 0 Å². The van der Waals surface area contributed by atoms with E-state index in [2.05, 4.69) is 18.8 Å². The molecule has 0 radical (unpaired) electrons. The zero-order valence-electron chi connectivity index (χ0n) is 14.9. The molecule has 1 rings (SSSR count). The molecule has 0 aliphatic carbocycles. The van der Waals surface area contributed by atoms with Crippen LogP contribution in [0.3, 0.4) is 0 Å². The summed E-state index contributed by atoms with van der Waals surface area (Å²) in [6.07, 6.45) is 16.1. The van der Waals surface area contributed by atoms with Crippen molar-refractivity contribution in [3.05, 3.63) is 42.5 Å². The van der Waals surface area contributed by atoms with E-state index in [4.69, 9.17) is 0 Å². The summed E-state index contributed by atoms with van der Waals surface area (Å²) in [5.74, 6) is 0. The minimum atomic E-state index is 1.17. The Hall–Kier alpha value is -1.08. The van der Waals surface area contributed by atoms with Crippen LogP contribution in [0.5, 0.6) is 0 Å². The summed E-state index contributed by atoms with van der Waals surface area (Å²) in [6.45, 7) is 7.10. The van der Waals surface area contributed by atoms with Crippen LogP contribution >= 0.6 is 0 Å². The molecule has 0 bridgehead atoms. The highest BCUT2D eigenvalue weighted by Gasteiger charge is 1.91. The molecule has 1 heteroatoms. The molecule has 126 valence electrons. The lowest BCUT2D eigenvalue weighted by Crippen LogP contribution is -2.06. The minimum Gasteiger partial charge on any atom is -0.320 e. The molecule has 0 fully saturated rings. The highest BCUT2D eigenvalue weighted by Crippen LogP contribution is 2.10. The van der Waals surface area contributed by atoms with Crippen LogP contribution in [0.1, 0.15) is 76.7 Å². The normalized spacial score (nSPS) is 9.91. The van der Waals surface area contributed by atoms with Gasteiger partial charge < -0.3 is 5.32 Å². The van der Waals surface area contributed by atoms with Crippen molar-refractivity contribution in [2.45, 2.75) is 71.1 Å². The molecule has 0 atom stereocenters. The number of hydrogen-bond acceptors (Lipinski definition) is 1. The summed E-state index contributed by atoms with van der Waals surface area (Å²) < 4.78 is 0. The first-order valence-electron chi connectivity index (χ1n) is 9.17. The Bertz CT molecular complexity index is 306. The van der Waals surface area contributed by atoms with Crippen molar-refractivity contribution in [3.8, 4) is 0 Å². The lowest BCUT2D eigenvalue weighted by Gasteiger charge is -2.01. The topological polar surface area (TPSA) is 12.0 Å². The van der Waals surface area contributed by atoms with Crippen LogP contribution in [0, 0.1) is 0 Å². The fourth-order valence-electron chi connectivity index (χ4n) is 2.38. The molecular weight excluding hydrogens is 266 g/mol. The molecule has 1 N–H and O–H groups in total. The van der Waals surface area contributed by atoms with Gasteiger partial charge in [0.05, 0.1) is 0 Å². The summed E-state index contributed by atoms with van der Waals surface area (Å²) in [6, 6.07) is 10.0. The van der Waals surface area contributed by atoms with Gasteiger partial charge in [-0.2, -0.15) is 0 Å². The van der Waals surface area contributed by atoms with E-state index in [0.29, 0.717) is 0 Å². The predicted octanol–water partition coefficient (Wildman–Crippen LogP) is 6.46. The summed E-state index contributed by atoms with van der Waals surface area (Å²) in [7, 11) is 2.04. The molecular formula is C21H37N. The average Bonchev–Trinajstić information content (AvgIpc) is 2.58. The van der Waals surface area contributed by atoms with E-state index < -0.39 is 0 Å². The van der Waals surface area contributed by atoms with Gasteiger partial charge in [0, 0.05) is 0 Å². The average molecular weight is 304 g/mol. The molecule has 22 heavy (non-hydrogen) atoms. The van der Waals surface area contributed by atoms with Crippen LogP contribution in [0.15, 0.2) is 36.9 Å². The van der Waals surface area contributed by atoms with Crippen molar-refractivity contribution in [2.75, 3.05) is 13.6 Å². The van der Waals surface area contributed by atoms with E-state index in [1.54, 1.807) is 0 Å². The summed E-state index contributed by atoms with van der Waals surface area (Å²) >= 11 is 0. The van der Waals surface area contributed by atoms with Crippen LogP contribution in [0.25, 0.3) is 6.08 Å². The first-order chi connectivity index (χ1) is 10.8. The van der Waals surface area contributed by atoms with Crippen molar-refractivity contribution in [1.29, 1.82) is 0 Å². The number of benzene rings is 1. The van der Waals surface area contributed by atoms with E-state index in [-0.39, 0.29) is 0 Å². The van der Waals surface area contributed by atoms with Crippen molar-refractivity contribution >= 4 is 6.08 Å². The zero-order chi connectivity index (χ0) is 16.3. The van der Waals surface area contributed by atoms with Gasteiger partial charge >= 0.3 is 0 Å². The minimum absolute atomic E-state index is 1.17. The van der Waals surface area contributed by atoms with Crippen molar-refractivity contribution in [1.82, 2.24) is 5.32 Å². The first kappa shape index (κ1) is 20.9. The third-order valence-electron chi connectivity index (χ3n) is 3.82. The lowest BCUT2D eigenvalue weighted by atomic mass is 10.1. The maximum absolute atomic E-state index is 3.63. The monoisotopic (exact) mass is 303 g/mol. The number of hydrogen-bond donors (Lipinski definition) is 1. The maximum atomic E-state index is 3.63. The van der Waals surface area contributed by atoms with E-state index in [9.17, 15) is 0 Å². The van der Waals surface area contributed by atoms with Gasteiger partial charge in [-0.05, 0) is 25.6 Å². The van der Waals surface area contributed by atoms with Gasteiger partial charge in [0.1, 0.15) is 0 Å². The van der Waals surface area contributed by atoms with Crippen LogP contribution in [-0.4, -0.2) is 13.6 Å². The molecule has 0 amide bonds. The Morgan fingerprint density at radius 2 is 1.32 bits per heavy atom. The largest absolute Gasteiger partial charge is 0.320 e. The molecule has 0 saturated carbocycles. The molecule has 1 aromatic rings. The molecule has 1 aromatic carbocycles. The molecule has 0 heterocycles. The van der Waals surface area contributed by atoms with E-state index in [0.717, 1.165) is 0 Å². The van der Waals surface area contributed by atoms with Crippen LogP contribution < -0.4 is 5.32 Å². The Balaban J connectivity index is 0.000000461. The smallest absolute Gasteiger partial charge is 0.00519 e. The van der Waals surface area contributed by atoms with Gasteiger partial charge in [0.25, 0.3) is 0 Å². The standard InChI is InChI=1S/C13H29N.C8H8/c1-3-4-5-6-7-8-9-10-11-12-13-14-2;1-2-8-6-4-3-5-7-8/h14H,3-13H2,1-2H3;2-7H,1H2. The molecule has 0 aliphatic rings. The van der Waals surface area contributed by atoms with Crippen molar-refractivity contribution in [3.63, 3.8) is 0 Å². The number of rotatable bonds is 12. The molecule has 1 nitrogen and oxygen atoms in total. The van der Waals surface area contributed by atoms with Gasteiger partial charge in [0.2, 0.25) is 0 Å². The zero-order valence-corrected chi connectivity index (χ0v) is 14.9. The number of nitrogens with one attached hydrogen (secondary N) is 1. The quantitative estimate of drug-likeness (QED) is 0.437. The molecule has 0 unspecified atom stereocenters. The SMILES string of the molecule is C=Cc1ccccc1.CCCCCCCCCCCCNC. The van der Waals surface area contributed by atoms with Crippen molar-refractivity contribution < 1.29 is 0 Å². The third kappa shape index (κ3) is 15.3. The molecule has 0 spiro atoms. The van der Waals surface area contributed by atoms with Gasteiger partial charge in [-0.25, -0.2) is 0 Å². The maximum Gasteiger partial charge on any atom is -0.00519 e. The third-order valence-corrected chi connectivity index (χ3v) is 3.82. The molecule has 0 saturated heterocycles. The predicted molar refractivity (Wildman–Crippen MR) is 102 cm³/mol. The van der Waals surface area contributed by atoms with E-state index in [1.165, 1.54) is 76.3 Å². The Labute approximate surface area is 139 Å². The highest BCUT2D eigenvalue weighted by atomic mass is 14.8. The fraction of sp³-hybridized carbons (Fsp3) is 0.619. The molecule has 0 aromatic heterocycles. The van der Waals surface area contributed by atoms with Crippen LogP contribution in [0.2, 0.25) is 0 Å². The summed E-state index contributed by atoms with van der Waals surface area (Å²) in [5, 5.41) is 3.19. The molecule has 0 aliphatic heterocycles. The lowest BCUT2D eigenvalue weighted by molar-refractivity contribution is 0.551. The van der Waals surface area contributed by atoms with Gasteiger partial charge in [-0.1, -0.05) is 108 Å². The first-order valence-corrected chi connectivity index (χ1v) is 9.17. The van der Waals surface area contributed by atoms with Crippen molar-refractivity contribution in [2.24, 2.45) is 0 Å². The second-order valence-electron chi connectivity index (χ2n) is 5.90. The van der Waals surface area contributed by atoms with E-state index >= 15 is 0 Å². The summed E-state index contributed by atoms with van der Waals surface area (Å²) in [5.41, 5.74) is 1.17. The van der Waals surface area contributed by atoms with Gasteiger partial charge in [-0.15, -0.1) is 0 Å².